The minimum atomic E-state index is -0.106. The van der Waals surface area contributed by atoms with Gasteiger partial charge in [-0.2, -0.15) is 0 Å². The highest BCUT2D eigenvalue weighted by molar-refractivity contribution is 9.10. The Bertz CT molecular complexity index is 423. The van der Waals surface area contributed by atoms with Crippen molar-refractivity contribution in [1.29, 1.82) is 0 Å². The topological polar surface area (TPSA) is 15.3 Å². The normalized spacial score (nSPS) is 21.0. The Labute approximate surface area is 123 Å². The molecule has 4 heteroatoms. The Hall–Kier alpha value is -0.450. The van der Waals surface area contributed by atoms with Crippen LogP contribution in [0.1, 0.15) is 25.8 Å². The molecule has 1 aliphatic heterocycles. The largest absolute Gasteiger partial charge is 0.314 e. The zero-order chi connectivity index (χ0) is 13.8. The number of rotatable bonds is 4. The fourth-order valence-electron chi connectivity index (χ4n) is 2.67. The summed E-state index contributed by atoms with van der Waals surface area (Å²) in [6.45, 7) is 8.17. The molecule has 1 aliphatic rings. The Balaban J connectivity index is 2.08. The third-order valence-electron chi connectivity index (χ3n) is 3.60. The van der Waals surface area contributed by atoms with E-state index in [4.69, 9.17) is 0 Å². The molecular formula is C15H22BrFN2. The first-order valence-corrected chi connectivity index (χ1v) is 7.74. The third kappa shape index (κ3) is 4.26. The highest BCUT2D eigenvalue weighted by Crippen LogP contribution is 2.21. The van der Waals surface area contributed by atoms with E-state index in [0.717, 1.165) is 36.1 Å². The number of halogens is 2. The van der Waals surface area contributed by atoms with Gasteiger partial charge in [-0.3, -0.25) is 4.90 Å². The molecule has 1 aromatic rings. The molecule has 0 aliphatic carbocycles. The number of benzene rings is 1. The zero-order valence-corrected chi connectivity index (χ0v) is 13.2. The maximum atomic E-state index is 13.9. The summed E-state index contributed by atoms with van der Waals surface area (Å²) in [6.07, 6.45) is 1.16. The number of hydrogen-bond donors (Lipinski definition) is 1. The molecule has 0 aromatic heterocycles. The smallest absolute Gasteiger partial charge is 0.127 e. The Morgan fingerprint density at radius 2 is 2.26 bits per heavy atom. The number of nitrogens with one attached hydrogen (secondary N) is 1. The van der Waals surface area contributed by atoms with Gasteiger partial charge < -0.3 is 5.32 Å². The Kier molecular flexibility index (Phi) is 5.37. The van der Waals surface area contributed by atoms with Gasteiger partial charge in [-0.25, -0.2) is 4.39 Å². The molecule has 2 nitrogen and oxygen atoms in total. The van der Waals surface area contributed by atoms with Crippen molar-refractivity contribution in [3.63, 3.8) is 0 Å². The molecular weight excluding hydrogens is 307 g/mol. The third-order valence-corrected chi connectivity index (χ3v) is 4.09. The lowest BCUT2D eigenvalue weighted by Crippen LogP contribution is -2.51. The molecule has 1 aromatic carbocycles. The van der Waals surface area contributed by atoms with E-state index in [1.165, 1.54) is 0 Å². The van der Waals surface area contributed by atoms with Gasteiger partial charge in [0.1, 0.15) is 5.82 Å². The van der Waals surface area contributed by atoms with Gasteiger partial charge in [0.2, 0.25) is 0 Å². The van der Waals surface area contributed by atoms with Crippen molar-refractivity contribution in [3.8, 4) is 0 Å². The molecule has 1 unspecified atom stereocenters. The van der Waals surface area contributed by atoms with Gasteiger partial charge in [0, 0.05) is 42.3 Å². The average molecular weight is 329 g/mol. The lowest BCUT2D eigenvalue weighted by molar-refractivity contribution is 0.132. The molecule has 0 amide bonds. The van der Waals surface area contributed by atoms with Gasteiger partial charge >= 0.3 is 0 Å². The Morgan fingerprint density at radius 1 is 1.47 bits per heavy atom. The standard InChI is InChI=1S/C15H22BrFN2/c1-11(2)7-14-9-18-5-6-19(14)10-12-8-13(16)3-4-15(12)17/h3-4,8,11,14,18H,5-7,9-10H2,1-2H3. The summed E-state index contributed by atoms with van der Waals surface area (Å²) in [5.41, 5.74) is 0.782. The summed E-state index contributed by atoms with van der Waals surface area (Å²) in [4.78, 5) is 2.40. The van der Waals surface area contributed by atoms with Crippen LogP contribution in [0, 0.1) is 11.7 Å². The SMILES string of the molecule is CC(C)CC1CNCCN1Cc1cc(Br)ccc1F. The van der Waals surface area contributed by atoms with E-state index >= 15 is 0 Å². The quantitative estimate of drug-likeness (QED) is 0.911. The van der Waals surface area contributed by atoms with Crippen LogP contribution in [-0.2, 0) is 6.54 Å². The van der Waals surface area contributed by atoms with Gasteiger partial charge in [0.25, 0.3) is 0 Å². The molecule has 0 spiro atoms. The summed E-state index contributed by atoms with van der Waals surface area (Å²) < 4.78 is 14.8. The fourth-order valence-corrected chi connectivity index (χ4v) is 3.08. The first-order chi connectivity index (χ1) is 9.06. The van der Waals surface area contributed by atoms with E-state index in [-0.39, 0.29) is 5.82 Å². The average Bonchev–Trinajstić information content (AvgIpc) is 2.35. The molecule has 1 N–H and O–H groups in total. The van der Waals surface area contributed by atoms with Crippen LogP contribution >= 0.6 is 15.9 Å². The predicted molar refractivity (Wildman–Crippen MR) is 80.6 cm³/mol. The van der Waals surface area contributed by atoms with E-state index < -0.39 is 0 Å². The van der Waals surface area contributed by atoms with Crippen molar-refractivity contribution < 1.29 is 4.39 Å². The molecule has 1 heterocycles. The van der Waals surface area contributed by atoms with E-state index in [0.29, 0.717) is 18.5 Å². The van der Waals surface area contributed by atoms with Crippen LogP contribution in [0.15, 0.2) is 22.7 Å². The summed E-state index contributed by atoms with van der Waals surface area (Å²) in [5, 5.41) is 3.44. The predicted octanol–water partition coefficient (Wildman–Crippen LogP) is 3.41. The highest BCUT2D eigenvalue weighted by Gasteiger charge is 2.23. The van der Waals surface area contributed by atoms with Gasteiger partial charge in [-0.15, -0.1) is 0 Å². The fraction of sp³-hybridized carbons (Fsp3) is 0.600. The van der Waals surface area contributed by atoms with Crippen molar-refractivity contribution in [2.24, 2.45) is 5.92 Å². The molecule has 106 valence electrons. The molecule has 0 saturated carbocycles. The van der Waals surface area contributed by atoms with Crippen LogP contribution in [0.2, 0.25) is 0 Å². The molecule has 19 heavy (non-hydrogen) atoms. The molecule has 1 atom stereocenters. The van der Waals surface area contributed by atoms with Crippen molar-refractivity contribution >= 4 is 15.9 Å². The first kappa shape index (κ1) is 14.9. The second-order valence-electron chi connectivity index (χ2n) is 5.69. The molecule has 0 bridgehead atoms. The van der Waals surface area contributed by atoms with E-state index in [1.54, 1.807) is 12.1 Å². The molecule has 1 saturated heterocycles. The zero-order valence-electron chi connectivity index (χ0n) is 11.6. The van der Waals surface area contributed by atoms with Crippen LogP contribution in [0.4, 0.5) is 4.39 Å². The van der Waals surface area contributed by atoms with Crippen LogP contribution in [0.5, 0.6) is 0 Å². The number of nitrogens with zero attached hydrogens (tertiary/aromatic N) is 1. The van der Waals surface area contributed by atoms with Crippen LogP contribution in [0.3, 0.4) is 0 Å². The maximum absolute atomic E-state index is 13.9. The van der Waals surface area contributed by atoms with Gasteiger partial charge in [-0.1, -0.05) is 29.8 Å². The Morgan fingerprint density at radius 3 is 3.00 bits per heavy atom. The van der Waals surface area contributed by atoms with Gasteiger partial charge in [-0.05, 0) is 30.5 Å². The van der Waals surface area contributed by atoms with Crippen LogP contribution in [0.25, 0.3) is 0 Å². The van der Waals surface area contributed by atoms with Crippen molar-refractivity contribution in [2.45, 2.75) is 32.9 Å². The molecule has 1 fully saturated rings. The van der Waals surface area contributed by atoms with E-state index in [2.05, 4.69) is 40.0 Å². The number of hydrogen-bond acceptors (Lipinski definition) is 2. The second kappa shape index (κ2) is 6.82. The summed E-state index contributed by atoms with van der Waals surface area (Å²) in [7, 11) is 0. The van der Waals surface area contributed by atoms with Crippen LogP contribution in [-0.4, -0.2) is 30.6 Å². The van der Waals surface area contributed by atoms with E-state index in [1.807, 2.05) is 6.07 Å². The lowest BCUT2D eigenvalue weighted by Gasteiger charge is -2.37. The summed E-state index contributed by atoms with van der Waals surface area (Å²) in [6, 6.07) is 5.69. The first-order valence-electron chi connectivity index (χ1n) is 6.95. The van der Waals surface area contributed by atoms with Gasteiger partial charge in [0.05, 0.1) is 0 Å². The second-order valence-corrected chi connectivity index (χ2v) is 6.61. The highest BCUT2D eigenvalue weighted by atomic mass is 79.9. The minimum absolute atomic E-state index is 0.106. The summed E-state index contributed by atoms with van der Waals surface area (Å²) in [5.74, 6) is 0.560. The summed E-state index contributed by atoms with van der Waals surface area (Å²) >= 11 is 3.42. The molecule has 0 radical (unpaired) electrons. The van der Waals surface area contributed by atoms with Crippen LogP contribution < -0.4 is 5.32 Å². The monoisotopic (exact) mass is 328 g/mol. The number of piperazine rings is 1. The maximum Gasteiger partial charge on any atom is 0.127 e. The molecule has 2 rings (SSSR count). The van der Waals surface area contributed by atoms with Crippen molar-refractivity contribution in [1.82, 2.24) is 10.2 Å². The minimum Gasteiger partial charge on any atom is -0.314 e. The van der Waals surface area contributed by atoms with Crippen molar-refractivity contribution in [3.05, 3.63) is 34.1 Å². The lowest BCUT2D eigenvalue weighted by atomic mass is 10.00. The van der Waals surface area contributed by atoms with Gasteiger partial charge in [0.15, 0.2) is 0 Å². The van der Waals surface area contributed by atoms with E-state index in [9.17, 15) is 4.39 Å². The van der Waals surface area contributed by atoms with Crippen molar-refractivity contribution in [2.75, 3.05) is 19.6 Å².